The van der Waals surface area contributed by atoms with Gasteiger partial charge in [-0.25, -0.2) is 5.43 Å². The zero-order chi connectivity index (χ0) is 19.6. The van der Waals surface area contributed by atoms with E-state index in [1.807, 2.05) is 73.6 Å². The number of nitrogens with one attached hydrogen (secondary N) is 2. The van der Waals surface area contributed by atoms with Crippen LogP contribution in [0.1, 0.15) is 25.3 Å². The summed E-state index contributed by atoms with van der Waals surface area (Å²) in [5, 5.41) is 6.83. The Labute approximate surface area is 160 Å². The zero-order valence-electron chi connectivity index (χ0n) is 16.0. The Morgan fingerprint density at radius 1 is 0.963 bits per heavy atom. The van der Waals surface area contributed by atoms with Crippen molar-refractivity contribution in [3.63, 3.8) is 0 Å². The lowest BCUT2D eigenvalue weighted by Crippen LogP contribution is -2.21. The molecule has 0 aliphatic rings. The number of hydrazone groups is 1. The van der Waals surface area contributed by atoms with Gasteiger partial charge in [0.15, 0.2) is 0 Å². The second kappa shape index (κ2) is 10.1. The van der Waals surface area contributed by atoms with Crippen LogP contribution in [-0.2, 0) is 16.0 Å². The van der Waals surface area contributed by atoms with Crippen molar-refractivity contribution in [3.8, 4) is 0 Å². The molecule has 0 spiro atoms. The topological polar surface area (TPSA) is 73.8 Å². The molecular formula is C21H26N4O2. The van der Waals surface area contributed by atoms with Crippen molar-refractivity contribution < 1.29 is 9.59 Å². The molecule has 6 nitrogen and oxygen atoms in total. The predicted molar refractivity (Wildman–Crippen MR) is 110 cm³/mol. The number of hydrogen-bond donors (Lipinski definition) is 2. The van der Waals surface area contributed by atoms with Crippen molar-refractivity contribution >= 4 is 28.9 Å². The molecule has 0 unspecified atom stereocenters. The number of anilines is 2. The van der Waals surface area contributed by atoms with Gasteiger partial charge in [-0.1, -0.05) is 30.3 Å². The predicted octanol–water partition coefficient (Wildman–Crippen LogP) is 3.21. The fraction of sp³-hybridized carbons (Fsp3) is 0.286. The van der Waals surface area contributed by atoms with Crippen LogP contribution in [0.4, 0.5) is 11.4 Å². The molecule has 0 saturated carbocycles. The monoisotopic (exact) mass is 366 g/mol. The van der Waals surface area contributed by atoms with E-state index < -0.39 is 0 Å². The van der Waals surface area contributed by atoms with E-state index in [2.05, 4.69) is 15.8 Å². The minimum atomic E-state index is -0.174. The number of rotatable bonds is 8. The highest BCUT2D eigenvalue weighted by Crippen LogP contribution is 2.15. The molecule has 0 radical (unpaired) electrons. The Balaban J connectivity index is 1.75. The zero-order valence-corrected chi connectivity index (χ0v) is 16.0. The summed E-state index contributed by atoms with van der Waals surface area (Å²) in [6.07, 6.45) is 1.13. The van der Waals surface area contributed by atoms with Gasteiger partial charge in [0.2, 0.25) is 11.8 Å². The molecule has 0 saturated heterocycles. The first kappa shape index (κ1) is 20.2. The first-order valence-corrected chi connectivity index (χ1v) is 8.87. The van der Waals surface area contributed by atoms with E-state index in [0.717, 1.165) is 16.9 Å². The maximum absolute atomic E-state index is 12.1. The Bertz CT molecular complexity index is 784. The van der Waals surface area contributed by atoms with Crippen LogP contribution in [0.5, 0.6) is 0 Å². The maximum atomic E-state index is 12.1. The molecule has 0 aliphatic heterocycles. The molecule has 0 aromatic heterocycles. The van der Waals surface area contributed by atoms with Crippen molar-refractivity contribution in [1.29, 1.82) is 0 Å². The van der Waals surface area contributed by atoms with Crippen molar-refractivity contribution in [3.05, 3.63) is 60.2 Å². The highest BCUT2D eigenvalue weighted by molar-refractivity contribution is 6.05. The van der Waals surface area contributed by atoms with Crippen molar-refractivity contribution in [2.45, 2.75) is 26.2 Å². The average Bonchev–Trinajstić information content (AvgIpc) is 2.66. The van der Waals surface area contributed by atoms with Gasteiger partial charge >= 0.3 is 0 Å². The molecule has 27 heavy (non-hydrogen) atoms. The van der Waals surface area contributed by atoms with Gasteiger partial charge in [-0.05, 0) is 43.2 Å². The van der Waals surface area contributed by atoms with Crippen LogP contribution in [0.2, 0.25) is 0 Å². The number of hydrogen-bond acceptors (Lipinski definition) is 4. The molecule has 2 rings (SSSR count). The second-order valence-corrected chi connectivity index (χ2v) is 6.53. The number of aryl methyl sites for hydroxylation is 1. The standard InChI is InChI=1S/C21H26N4O2/c1-16(23-24-20(26)14-9-17-7-5-4-6-8-17)15-21(27)22-18-10-12-19(13-11-18)25(2)3/h4-8,10-13H,9,14-15H2,1-3H3,(H,22,27)(H,24,26)/b23-16-. The summed E-state index contributed by atoms with van der Waals surface area (Å²) in [5.41, 5.74) is 5.94. The molecule has 0 aliphatic carbocycles. The third kappa shape index (κ3) is 7.32. The molecule has 0 atom stereocenters. The van der Waals surface area contributed by atoms with Crippen LogP contribution in [0.3, 0.4) is 0 Å². The van der Waals surface area contributed by atoms with Crippen LogP contribution >= 0.6 is 0 Å². The van der Waals surface area contributed by atoms with Gasteiger partial charge < -0.3 is 10.2 Å². The lowest BCUT2D eigenvalue weighted by molar-refractivity contribution is -0.121. The minimum Gasteiger partial charge on any atom is -0.378 e. The fourth-order valence-corrected chi connectivity index (χ4v) is 2.44. The van der Waals surface area contributed by atoms with E-state index in [9.17, 15) is 9.59 Å². The highest BCUT2D eigenvalue weighted by Gasteiger charge is 2.06. The van der Waals surface area contributed by atoms with Crippen molar-refractivity contribution in [1.82, 2.24) is 5.43 Å². The van der Waals surface area contributed by atoms with Gasteiger partial charge in [0.1, 0.15) is 0 Å². The quantitative estimate of drug-likeness (QED) is 0.556. The van der Waals surface area contributed by atoms with Crippen LogP contribution in [0.15, 0.2) is 59.7 Å². The number of nitrogens with zero attached hydrogens (tertiary/aromatic N) is 2. The average molecular weight is 366 g/mol. The van der Waals surface area contributed by atoms with Crippen LogP contribution in [-0.4, -0.2) is 31.6 Å². The summed E-state index contributed by atoms with van der Waals surface area (Å²) in [5.74, 6) is -0.342. The SMILES string of the molecule is C/C(CC(=O)Nc1ccc(N(C)C)cc1)=N/NC(=O)CCc1ccccc1. The normalized spacial score (nSPS) is 11.0. The summed E-state index contributed by atoms with van der Waals surface area (Å²) >= 11 is 0. The van der Waals surface area contributed by atoms with Gasteiger partial charge in [0.25, 0.3) is 0 Å². The highest BCUT2D eigenvalue weighted by atomic mass is 16.2. The third-order valence-electron chi connectivity index (χ3n) is 3.94. The van der Waals surface area contributed by atoms with Crippen LogP contribution < -0.4 is 15.6 Å². The Morgan fingerprint density at radius 2 is 1.63 bits per heavy atom. The number of benzene rings is 2. The summed E-state index contributed by atoms with van der Waals surface area (Å²) in [6.45, 7) is 1.71. The van der Waals surface area contributed by atoms with E-state index >= 15 is 0 Å². The van der Waals surface area contributed by atoms with Gasteiger partial charge in [-0.2, -0.15) is 5.10 Å². The van der Waals surface area contributed by atoms with Gasteiger partial charge in [0.05, 0.1) is 6.42 Å². The first-order valence-electron chi connectivity index (χ1n) is 8.87. The largest absolute Gasteiger partial charge is 0.378 e. The Morgan fingerprint density at radius 3 is 2.26 bits per heavy atom. The summed E-state index contributed by atoms with van der Waals surface area (Å²) in [4.78, 5) is 25.9. The number of carbonyl (C=O) groups excluding carboxylic acids is 2. The molecule has 2 aromatic carbocycles. The van der Waals surface area contributed by atoms with E-state index in [0.29, 0.717) is 18.6 Å². The summed E-state index contributed by atoms with van der Waals surface area (Å²) in [6, 6.07) is 17.4. The summed E-state index contributed by atoms with van der Waals surface area (Å²) < 4.78 is 0. The van der Waals surface area contributed by atoms with Crippen molar-refractivity contribution in [2.24, 2.45) is 5.10 Å². The molecular weight excluding hydrogens is 340 g/mol. The summed E-state index contributed by atoms with van der Waals surface area (Å²) in [7, 11) is 3.92. The van der Waals surface area contributed by atoms with E-state index in [1.165, 1.54) is 0 Å². The minimum absolute atomic E-state index is 0.119. The third-order valence-corrected chi connectivity index (χ3v) is 3.94. The lowest BCUT2D eigenvalue weighted by Gasteiger charge is -2.13. The molecule has 0 fully saturated rings. The molecule has 2 aromatic rings. The fourth-order valence-electron chi connectivity index (χ4n) is 2.44. The lowest BCUT2D eigenvalue weighted by atomic mass is 10.1. The number of carbonyl (C=O) groups is 2. The van der Waals surface area contributed by atoms with E-state index in [-0.39, 0.29) is 18.2 Å². The van der Waals surface area contributed by atoms with Gasteiger partial charge in [0, 0.05) is 37.6 Å². The first-order chi connectivity index (χ1) is 12.9. The number of amides is 2. The molecule has 142 valence electrons. The molecule has 2 amide bonds. The molecule has 0 bridgehead atoms. The van der Waals surface area contributed by atoms with E-state index in [1.54, 1.807) is 6.92 Å². The Kier molecular flexibility index (Phi) is 7.55. The van der Waals surface area contributed by atoms with Gasteiger partial charge in [-0.3, -0.25) is 9.59 Å². The van der Waals surface area contributed by atoms with E-state index in [4.69, 9.17) is 0 Å². The smallest absolute Gasteiger partial charge is 0.240 e. The molecule has 0 heterocycles. The second-order valence-electron chi connectivity index (χ2n) is 6.53. The van der Waals surface area contributed by atoms with Gasteiger partial charge in [-0.15, -0.1) is 0 Å². The van der Waals surface area contributed by atoms with Crippen LogP contribution in [0, 0.1) is 0 Å². The Hall–Kier alpha value is -3.15. The van der Waals surface area contributed by atoms with Crippen molar-refractivity contribution in [2.75, 3.05) is 24.3 Å². The molecule has 6 heteroatoms. The maximum Gasteiger partial charge on any atom is 0.240 e. The molecule has 2 N–H and O–H groups in total. The van der Waals surface area contributed by atoms with Crippen LogP contribution in [0.25, 0.3) is 0 Å².